The molecule has 84 valence electrons. The lowest BCUT2D eigenvalue weighted by Gasteiger charge is -2.17. The summed E-state index contributed by atoms with van der Waals surface area (Å²) in [5, 5.41) is -1.72. The Morgan fingerprint density at radius 1 is 1.20 bits per heavy atom. The fourth-order valence-electron chi connectivity index (χ4n) is 0.924. The first-order valence-corrected chi connectivity index (χ1v) is 5.69. The van der Waals surface area contributed by atoms with Crippen molar-refractivity contribution in [1.29, 1.82) is 0 Å². The average molecular weight is 340 g/mol. The van der Waals surface area contributed by atoms with Crippen LogP contribution in [-0.2, 0) is 0 Å². The van der Waals surface area contributed by atoms with Crippen LogP contribution in [0.5, 0.6) is 0 Å². The minimum Gasteiger partial charge on any atom is -0.169 e. The maximum Gasteiger partial charge on any atom is 0.404 e. The second-order valence-corrected chi connectivity index (χ2v) is 4.92. The van der Waals surface area contributed by atoms with Gasteiger partial charge in [-0.1, -0.05) is 23.2 Å². The summed E-state index contributed by atoms with van der Waals surface area (Å²) in [6, 6.07) is 2.47. The number of hydrogen-bond donors (Lipinski definition) is 1. The van der Waals surface area contributed by atoms with E-state index in [1.54, 1.807) is 0 Å². The largest absolute Gasteiger partial charge is 0.404 e. The van der Waals surface area contributed by atoms with Crippen molar-refractivity contribution in [3.8, 4) is 0 Å². The van der Waals surface area contributed by atoms with Gasteiger partial charge in [-0.25, -0.2) is 0 Å². The van der Waals surface area contributed by atoms with Crippen LogP contribution in [-0.4, -0.2) is 6.18 Å². The molecule has 0 N–H and O–H groups in total. The molecule has 1 atom stereocenters. The Hall–Kier alpha value is 0.420. The number of thiol groups is 1. The van der Waals surface area contributed by atoms with Crippen molar-refractivity contribution < 1.29 is 13.2 Å². The van der Waals surface area contributed by atoms with Gasteiger partial charge < -0.3 is 0 Å². The molecule has 0 saturated carbocycles. The summed E-state index contributed by atoms with van der Waals surface area (Å²) in [4.78, 5) is 0. The second kappa shape index (κ2) is 4.73. The summed E-state index contributed by atoms with van der Waals surface area (Å²) < 4.78 is 37.4. The third-order valence-corrected chi connectivity index (χ3v) is 3.74. The minimum absolute atomic E-state index is 0.0551. The van der Waals surface area contributed by atoms with Crippen molar-refractivity contribution in [2.24, 2.45) is 0 Å². The van der Waals surface area contributed by atoms with Crippen LogP contribution in [0.2, 0.25) is 10.0 Å². The van der Waals surface area contributed by atoms with Crippen molar-refractivity contribution >= 4 is 51.8 Å². The SMILES string of the molecule is FC(F)(F)C(S)c1cc(Br)c(Cl)cc1Cl. The molecule has 0 aliphatic heterocycles. The highest BCUT2D eigenvalue weighted by Crippen LogP contribution is 2.42. The van der Waals surface area contributed by atoms with Crippen molar-refractivity contribution in [3.05, 3.63) is 32.2 Å². The molecule has 1 unspecified atom stereocenters. The third-order valence-electron chi connectivity index (χ3n) is 1.64. The quantitative estimate of drug-likeness (QED) is 0.521. The fraction of sp³-hybridized carbons (Fsp3) is 0.250. The topological polar surface area (TPSA) is 0 Å². The van der Waals surface area contributed by atoms with Gasteiger partial charge in [0.15, 0.2) is 0 Å². The molecule has 0 saturated heterocycles. The summed E-state index contributed by atoms with van der Waals surface area (Å²) in [6.07, 6.45) is -4.44. The summed E-state index contributed by atoms with van der Waals surface area (Å²) in [5.74, 6) is 0. The standard InChI is InChI=1S/C8H4BrCl2F3S/c9-4-1-3(5(10)2-6(4)11)7(15)8(12,13)14/h1-2,7,15H. The summed E-state index contributed by atoms with van der Waals surface area (Å²) in [6.45, 7) is 0. The van der Waals surface area contributed by atoms with Crippen LogP contribution < -0.4 is 0 Å². The Morgan fingerprint density at radius 3 is 2.20 bits per heavy atom. The molecular formula is C8H4BrCl2F3S. The van der Waals surface area contributed by atoms with Crippen LogP contribution in [0, 0.1) is 0 Å². The molecule has 0 spiro atoms. The van der Waals surface area contributed by atoms with Gasteiger partial charge in [0.25, 0.3) is 0 Å². The zero-order valence-corrected chi connectivity index (χ0v) is 10.9. The average Bonchev–Trinajstić information content (AvgIpc) is 2.08. The van der Waals surface area contributed by atoms with Crippen LogP contribution >= 0.6 is 51.8 Å². The van der Waals surface area contributed by atoms with Gasteiger partial charge in [0, 0.05) is 9.50 Å². The molecule has 1 rings (SSSR count). The molecule has 1 aromatic rings. The molecule has 0 heterocycles. The maximum atomic E-state index is 12.4. The van der Waals surface area contributed by atoms with Gasteiger partial charge >= 0.3 is 6.18 Å². The zero-order chi connectivity index (χ0) is 11.8. The summed E-state index contributed by atoms with van der Waals surface area (Å²) in [7, 11) is 0. The molecule has 0 radical (unpaired) electrons. The molecule has 0 aliphatic rings. The Morgan fingerprint density at radius 2 is 1.73 bits per heavy atom. The number of rotatable bonds is 1. The van der Waals surface area contributed by atoms with E-state index in [1.807, 2.05) is 0 Å². The lowest BCUT2D eigenvalue weighted by molar-refractivity contribution is -0.129. The van der Waals surface area contributed by atoms with E-state index in [1.165, 1.54) is 12.1 Å². The highest BCUT2D eigenvalue weighted by atomic mass is 79.9. The number of hydrogen-bond acceptors (Lipinski definition) is 1. The number of benzene rings is 1. The van der Waals surface area contributed by atoms with Crippen LogP contribution in [0.4, 0.5) is 13.2 Å². The van der Waals surface area contributed by atoms with Crippen LogP contribution in [0.25, 0.3) is 0 Å². The van der Waals surface area contributed by atoms with Crippen molar-refractivity contribution in [2.75, 3.05) is 0 Å². The van der Waals surface area contributed by atoms with Crippen LogP contribution in [0.1, 0.15) is 10.8 Å². The first-order chi connectivity index (χ1) is 6.73. The normalized spacial score (nSPS) is 14.1. The predicted molar refractivity (Wildman–Crippen MR) is 61.9 cm³/mol. The first kappa shape index (κ1) is 13.5. The van der Waals surface area contributed by atoms with Gasteiger partial charge in [-0.05, 0) is 33.6 Å². The van der Waals surface area contributed by atoms with E-state index in [4.69, 9.17) is 23.2 Å². The van der Waals surface area contributed by atoms with E-state index in [-0.39, 0.29) is 15.6 Å². The van der Waals surface area contributed by atoms with Gasteiger partial charge in [-0.15, -0.1) is 0 Å². The summed E-state index contributed by atoms with van der Waals surface area (Å²) >= 11 is 17.8. The molecule has 7 heteroatoms. The molecule has 0 fully saturated rings. The fourth-order valence-corrected chi connectivity index (χ4v) is 2.07. The first-order valence-electron chi connectivity index (χ1n) is 3.62. The van der Waals surface area contributed by atoms with E-state index in [9.17, 15) is 13.2 Å². The van der Waals surface area contributed by atoms with E-state index < -0.39 is 11.4 Å². The van der Waals surface area contributed by atoms with Crippen molar-refractivity contribution in [1.82, 2.24) is 0 Å². The van der Waals surface area contributed by atoms with E-state index >= 15 is 0 Å². The molecule has 0 bridgehead atoms. The maximum absolute atomic E-state index is 12.4. The Balaban J connectivity index is 3.21. The molecule has 0 nitrogen and oxygen atoms in total. The lowest BCUT2D eigenvalue weighted by atomic mass is 10.1. The molecule has 0 aliphatic carbocycles. The predicted octanol–water partition coefficient (Wildman–Crippen LogP) is 5.29. The smallest absolute Gasteiger partial charge is 0.169 e. The monoisotopic (exact) mass is 338 g/mol. The highest BCUT2D eigenvalue weighted by Gasteiger charge is 2.39. The van der Waals surface area contributed by atoms with Gasteiger partial charge in [-0.2, -0.15) is 25.8 Å². The Bertz CT molecular complexity index is 381. The van der Waals surface area contributed by atoms with E-state index in [2.05, 4.69) is 28.6 Å². The molecule has 15 heavy (non-hydrogen) atoms. The van der Waals surface area contributed by atoms with Gasteiger partial charge in [0.2, 0.25) is 0 Å². The van der Waals surface area contributed by atoms with Crippen molar-refractivity contribution in [3.63, 3.8) is 0 Å². The zero-order valence-electron chi connectivity index (χ0n) is 6.95. The van der Waals surface area contributed by atoms with Gasteiger partial charge in [0.1, 0.15) is 5.25 Å². The van der Waals surface area contributed by atoms with E-state index in [0.717, 1.165) is 0 Å². The van der Waals surface area contributed by atoms with Gasteiger partial charge in [-0.3, -0.25) is 0 Å². The molecule has 0 amide bonds. The Labute approximate surface area is 108 Å². The third kappa shape index (κ3) is 3.19. The van der Waals surface area contributed by atoms with Crippen LogP contribution in [0.15, 0.2) is 16.6 Å². The molecule has 1 aromatic carbocycles. The molecule has 0 aromatic heterocycles. The number of alkyl halides is 3. The Kier molecular flexibility index (Phi) is 4.26. The van der Waals surface area contributed by atoms with Gasteiger partial charge in [0.05, 0.1) is 5.02 Å². The number of halogens is 6. The second-order valence-electron chi connectivity index (χ2n) is 2.73. The van der Waals surface area contributed by atoms with Crippen molar-refractivity contribution in [2.45, 2.75) is 11.4 Å². The van der Waals surface area contributed by atoms with E-state index in [0.29, 0.717) is 4.47 Å². The summed E-state index contributed by atoms with van der Waals surface area (Å²) in [5.41, 5.74) is -0.122. The lowest BCUT2D eigenvalue weighted by Crippen LogP contribution is -2.16. The highest BCUT2D eigenvalue weighted by molar-refractivity contribution is 9.10. The minimum atomic E-state index is -4.44. The van der Waals surface area contributed by atoms with Crippen LogP contribution in [0.3, 0.4) is 0 Å². The molecular weight excluding hydrogens is 336 g/mol.